The number of amides is 1. The van der Waals surface area contributed by atoms with Crippen molar-refractivity contribution < 1.29 is 4.79 Å². The van der Waals surface area contributed by atoms with E-state index in [1.54, 1.807) is 0 Å². The third kappa shape index (κ3) is 2.19. The molecule has 0 aromatic rings. The molecule has 86 valence electrons. The lowest BCUT2D eigenvalue weighted by molar-refractivity contribution is -0.137. The molecule has 1 amide bonds. The molecule has 0 aromatic heterocycles. The third-order valence-corrected chi connectivity index (χ3v) is 4.33. The van der Waals surface area contributed by atoms with E-state index in [1.807, 2.05) is 0 Å². The van der Waals surface area contributed by atoms with Crippen LogP contribution in [0.5, 0.6) is 0 Å². The van der Waals surface area contributed by atoms with E-state index in [0.29, 0.717) is 17.9 Å². The van der Waals surface area contributed by atoms with Crippen molar-refractivity contribution in [2.24, 2.45) is 11.8 Å². The highest BCUT2D eigenvalue weighted by Crippen LogP contribution is 2.33. The average molecular weight is 209 g/mol. The number of hydrogen-bond donors (Lipinski definition) is 0. The molecule has 1 saturated carbocycles. The highest BCUT2D eigenvalue weighted by atomic mass is 16.2. The number of hydrogen-bond acceptors (Lipinski definition) is 1. The predicted octanol–water partition coefficient (Wildman–Crippen LogP) is 2.82. The van der Waals surface area contributed by atoms with Crippen LogP contribution in [0.4, 0.5) is 0 Å². The molecule has 2 atom stereocenters. The van der Waals surface area contributed by atoms with Gasteiger partial charge in [-0.3, -0.25) is 4.79 Å². The molecule has 2 unspecified atom stereocenters. The topological polar surface area (TPSA) is 20.3 Å². The van der Waals surface area contributed by atoms with Crippen LogP contribution < -0.4 is 0 Å². The second kappa shape index (κ2) is 4.54. The Morgan fingerprint density at radius 2 is 1.87 bits per heavy atom. The summed E-state index contributed by atoms with van der Waals surface area (Å²) in [5, 5.41) is 0. The Morgan fingerprint density at radius 1 is 1.20 bits per heavy atom. The van der Waals surface area contributed by atoms with E-state index in [2.05, 4.69) is 18.7 Å². The van der Waals surface area contributed by atoms with Crippen LogP contribution in [0.25, 0.3) is 0 Å². The Labute approximate surface area is 93.0 Å². The van der Waals surface area contributed by atoms with Crippen LogP contribution in [-0.2, 0) is 4.79 Å². The molecule has 0 aromatic carbocycles. The van der Waals surface area contributed by atoms with E-state index >= 15 is 0 Å². The number of carbonyl (C=O) groups is 1. The molecule has 0 N–H and O–H groups in total. The quantitative estimate of drug-likeness (QED) is 0.685. The number of likely N-dealkylation sites (tertiary alicyclic amines) is 1. The normalized spacial score (nSPS) is 29.7. The lowest BCUT2D eigenvalue weighted by atomic mass is 9.91. The molecular formula is C13H23NO. The summed E-state index contributed by atoms with van der Waals surface area (Å²) >= 11 is 0. The molecule has 0 radical (unpaired) electrons. The summed E-state index contributed by atoms with van der Waals surface area (Å²) in [5.41, 5.74) is 0. The monoisotopic (exact) mass is 209 g/mol. The van der Waals surface area contributed by atoms with Crippen molar-refractivity contribution in [2.75, 3.05) is 6.54 Å². The summed E-state index contributed by atoms with van der Waals surface area (Å²) < 4.78 is 0. The van der Waals surface area contributed by atoms with Gasteiger partial charge in [0.25, 0.3) is 0 Å². The molecule has 2 nitrogen and oxygen atoms in total. The van der Waals surface area contributed by atoms with Gasteiger partial charge in [-0.25, -0.2) is 0 Å². The Balaban J connectivity index is 1.94. The van der Waals surface area contributed by atoms with Crippen LogP contribution in [0.2, 0.25) is 0 Å². The van der Waals surface area contributed by atoms with Crippen molar-refractivity contribution in [3.8, 4) is 0 Å². The average Bonchev–Trinajstić information content (AvgIpc) is 2.85. The maximum Gasteiger partial charge on any atom is 0.225 e. The molecule has 15 heavy (non-hydrogen) atoms. The first-order valence-corrected chi connectivity index (χ1v) is 6.50. The van der Waals surface area contributed by atoms with Gasteiger partial charge in [-0.2, -0.15) is 0 Å². The first-order valence-electron chi connectivity index (χ1n) is 6.50. The van der Waals surface area contributed by atoms with Gasteiger partial charge >= 0.3 is 0 Å². The fourth-order valence-corrected chi connectivity index (χ4v) is 3.18. The standard InChI is InChI=1S/C13H23NO/c1-10-6-5-9-14(10)13(15)11(2)12-7-3-4-8-12/h10-12H,3-9H2,1-2H3. The Kier molecular flexibility index (Phi) is 3.32. The van der Waals surface area contributed by atoms with Crippen LogP contribution in [0.15, 0.2) is 0 Å². The summed E-state index contributed by atoms with van der Waals surface area (Å²) in [6.45, 7) is 5.33. The SMILES string of the molecule is CC(C(=O)N1CCCC1C)C1CCCC1. The van der Waals surface area contributed by atoms with Crippen molar-refractivity contribution in [2.45, 2.75) is 58.4 Å². The second-order valence-electron chi connectivity index (χ2n) is 5.36. The van der Waals surface area contributed by atoms with Gasteiger partial charge in [-0.15, -0.1) is 0 Å². The maximum absolute atomic E-state index is 12.3. The van der Waals surface area contributed by atoms with Crippen molar-refractivity contribution in [3.63, 3.8) is 0 Å². The summed E-state index contributed by atoms with van der Waals surface area (Å²) in [7, 11) is 0. The molecule has 1 aliphatic heterocycles. The molecule has 2 rings (SSSR count). The van der Waals surface area contributed by atoms with Gasteiger partial charge in [0.1, 0.15) is 0 Å². The summed E-state index contributed by atoms with van der Waals surface area (Å²) in [6, 6.07) is 0.487. The molecule has 2 heteroatoms. The van der Waals surface area contributed by atoms with Gasteiger partial charge in [0.2, 0.25) is 5.91 Å². The van der Waals surface area contributed by atoms with E-state index < -0.39 is 0 Å². The number of rotatable bonds is 2. The van der Waals surface area contributed by atoms with Gasteiger partial charge in [0.05, 0.1) is 0 Å². The Morgan fingerprint density at radius 3 is 2.40 bits per heavy atom. The highest BCUT2D eigenvalue weighted by molar-refractivity contribution is 5.79. The van der Waals surface area contributed by atoms with Crippen LogP contribution >= 0.6 is 0 Å². The van der Waals surface area contributed by atoms with E-state index in [4.69, 9.17) is 0 Å². The van der Waals surface area contributed by atoms with E-state index in [0.717, 1.165) is 6.54 Å². The van der Waals surface area contributed by atoms with Crippen molar-refractivity contribution >= 4 is 5.91 Å². The first kappa shape index (κ1) is 11.0. The van der Waals surface area contributed by atoms with Gasteiger partial charge in [0.15, 0.2) is 0 Å². The van der Waals surface area contributed by atoms with Gasteiger partial charge in [-0.1, -0.05) is 19.8 Å². The van der Waals surface area contributed by atoms with Crippen molar-refractivity contribution in [1.29, 1.82) is 0 Å². The van der Waals surface area contributed by atoms with Crippen LogP contribution in [0.1, 0.15) is 52.4 Å². The molecule has 0 bridgehead atoms. The van der Waals surface area contributed by atoms with E-state index in [9.17, 15) is 4.79 Å². The second-order valence-corrected chi connectivity index (χ2v) is 5.36. The zero-order chi connectivity index (χ0) is 10.8. The van der Waals surface area contributed by atoms with E-state index in [1.165, 1.54) is 38.5 Å². The van der Waals surface area contributed by atoms with Gasteiger partial charge < -0.3 is 4.90 Å². The van der Waals surface area contributed by atoms with Gasteiger partial charge in [0, 0.05) is 18.5 Å². The smallest absolute Gasteiger partial charge is 0.225 e. The first-order chi connectivity index (χ1) is 7.20. The summed E-state index contributed by atoms with van der Waals surface area (Å²) in [5.74, 6) is 1.37. The minimum Gasteiger partial charge on any atom is -0.340 e. The minimum absolute atomic E-state index is 0.271. The largest absolute Gasteiger partial charge is 0.340 e. The van der Waals surface area contributed by atoms with Crippen LogP contribution in [0.3, 0.4) is 0 Å². The molecule has 0 spiro atoms. The van der Waals surface area contributed by atoms with E-state index in [-0.39, 0.29) is 5.92 Å². The Bertz CT molecular complexity index is 233. The molecular weight excluding hydrogens is 186 g/mol. The fourth-order valence-electron chi connectivity index (χ4n) is 3.18. The molecule has 1 aliphatic carbocycles. The van der Waals surface area contributed by atoms with Crippen molar-refractivity contribution in [1.82, 2.24) is 4.90 Å². The summed E-state index contributed by atoms with van der Waals surface area (Å²) in [6.07, 6.45) is 7.60. The third-order valence-electron chi connectivity index (χ3n) is 4.33. The lowest BCUT2D eigenvalue weighted by Crippen LogP contribution is -2.39. The molecule has 2 aliphatic rings. The van der Waals surface area contributed by atoms with Crippen LogP contribution in [0, 0.1) is 11.8 Å². The molecule has 2 fully saturated rings. The molecule has 1 saturated heterocycles. The Hall–Kier alpha value is -0.530. The maximum atomic E-state index is 12.3. The predicted molar refractivity (Wildman–Crippen MR) is 61.5 cm³/mol. The zero-order valence-corrected chi connectivity index (χ0v) is 10.0. The number of nitrogens with zero attached hydrogens (tertiary/aromatic N) is 1. The molecule has 1 heterocycles. The lowest BCUT2D eigenvalue weighted by Gasteiger charge is -2.27. The van der Waals surface area contributed by atoms with Crippen LogP contribution in [-0.4, -0.2) is 23.4 Å². The van der Waals surface area contributed by atoms with Gasteiger partial charge in [-0.05, 0) is 38.5 Å². The highest BCUT2D eigenvalue weighted by Gasteiger charge is 2.33. The fraction of sp³-hybridized carbons (Fsp3) is 0.923. The summed E-state index contributed by atoms with van der Waals surface area (Å²) in [4.78, 5) is 14.4. The minimum atomic E-state index is 0.271. The van der Waals surface area contributed by atoms with Crippen molar-refractivity contribution in [3.05, 3.63) is 0 Å². The zero-order valence-electron chi connectivity index (χ0n) is 10.0. The number of carbonyl (C=O) groups excluding carboxylic acids is 1.